The Balaban J connectivity index is 1.12. The van der Waals surface area contributed by atoms with Crippen molar-refractivity contribution < 1.29 is 4.79 Å². The van der Waals surface area contributed by atoms with Crippen LogP contribution in [-0.2, 0) is 6.54 Å². The number of likely N-dealkylation sites (tertiary alicyclic amines) is 2. The van der Waals surface area contributed by atoms with Gasteiger partial charge in [0.15, 0.2) is 0 Å². The molecule has 1 radical (unpaired) electrons. The summed E-state index contributed by atoms with van der Waals surface area (Å²) in [6, 6.07) is 13.4. The highest BCUT2D eigenvalue weighted by Gasteiger charge is 2.29. The third kappa shape index (κ3) is 4.35. The van der Waals surface area contributed by atoms with Crippen molar-refractivity contribution in [2.24, 2.45) is 0 Å². The van der Waals surface area contributed by atoms with E-state index in [1.54, 1.807) is 0 Å². The summed E-state index contributed by atoms with van der Waals surface area (Å²) in [6.07, 6.45) is 4.95. The van der Waals surface area contributed by atoms with Crippen LogP contribution in [0.1, 0.15) is 53.9 Å². The van der Waals surface area contributed by atoms with E-state index in [1.807, 2.05) is 6.07 Å². The van der Waals surface area contributed by atoms with Crippen LogP contribution in [0.5, 0.6) is 0 Å². The Morgan fingerprint density at radius 2 is 1.68 bits per heavy atom. The number of rotatable bonds is 4. The second-order valence-electron chi connectivity index (χ2n) is 9.51. The average Bonchev–Trinajstić information content (AvgIpc) is 3.16. The maximum absolute atomic E-state index is 11.5. The lowest BCUT2D eigenvalue weighted by atomic mass is 9.87. The van der Waals surface area contributed by atoms with Crippen LogP contribution in [0.2, 0.25) is 0 Å². The van der Waals surface area contributed by atoms with Gasteiger partial charge in [-0.05, 0) is 106 Å². The number of anilines is 1. The zero-order valence-electron chi connectivity index (χ0n) is 18.7. The van der Waals surface area contributed by atoms with Crippen molar-refractivity contribution in [3.8, 4) is 0 Å². The van der Waals surface area contributed by atoms with Gasteiger partial charge < -0.3 is 10.2 Å². The number of carbonyl (C=O) groups is 1. The van der Waals surface area contributed by atoms with Crippen LogP contribution >= 0.6 is 0 Å². The fraction of sp³-hybridized carbons (Fsp3) is 0.500. The molecule has 2 amide bonds. The Morgan fingerprint density at radius 1 is 0.968 bits per heavy atom. The van der Waals surface area contributed by atoms with Crippen molar-refractivity contribution in [2.75, 3.05) is 31.5 Å². The van der Waals surface area contributed by atoms with E-state index in [-0.39, 0.29) is 6.03 Å². The number of carbonyl (C=O) groups excluding carboxylic acids is 1. The van der Waals surface area contributed by atoms with Crippen molar-refractivity contribution in [1.29, 1.82) is 0 Å². The van der Waals surface area contributed by atoms with Gasteiger partial charge in [0.05, 0.1) is 11.4 Å². The summed E-state index contributed by atoms with van der Waals surface area (Å²) in [6.45, 7) is 10.3. The smallest absolute Gasteiger partial charge is 0.304 e. The first-order valence-electron chi connectivity index (χ1n) is 11.7. The number of fused-ring (bicyclic) bond motifs is 1. The molecular formula is C26H33N4O. The highest BCUT2D eigenvalue weighted by atomic mass is 16.2. The summed E-state index contributed by atoms with van der Waals surface area (Å²) >= 11 is 0. The van der Waals surface area contributed by atoms with Crippen molar-refractivity contribution in [3.63, 3.8) is 0 Å². The summed E-state index contributed by atoms with van der Waals surface area (Å²) in [4.78, 5) is 16.8. The van der Waals surface area contributed by atoms with Crippen molar-refractivity contribution in [2.45, 2.75) is 58.0 Å². The monoisotopic (exact) mass is 417 g/mol. The first kappa shape index (κ1) is 20.5. The zero-order valence-corrected chi connectivity index (χ0v) is 18.7. The van der Waals surface area contributed by atoms with Crippen LogP contribution in [0.3, 0.4) is 0 Å². The number of hydrogen-bond acceptors (Lipinski definition) is 3. The normalized spacial score (nSPS) is 21.0. The fourth-order valence-corrected chi connectivity index (χ4v) is 5.62. The van der Waals surface area contributed by atoms with Gasteiger partial charge in [-0.15, -0.1) is 0 Å². The maximum Gasteiger partial charge on any atom is 0.346 e. The summed E-state index contributed by atoms with van der Waals surface area (Å²) in [7, 11) is 0. The van der Waals surface area contributed by atoms with Crippen LogP contribution in [-0.4, -0.2) is 48.1 Å². The number of hydrogen-bond donors (Lipinski definition) is 1. The van der Waals surface area contributed by atoms with Gasteiger partial charge in [-0.1, -0.05) is 24.3 Å². The number of amides is 2. The Kier molecular flexibility index (Phi) is 5.72. The van der Waals surface area contributed by atoms with Crippen LogP contribution in [0.4, 0.5) is 16.2 Å². The van der Waals surface area contributed by atoms with E-state index in [9.17, 15) is 4.79 Å². The molecule has 2 fully saturated rings. The predicted molar refractivity (Wildman–Crippen MR) is 125 cm³/mol. The predicted octanol–water partition coefficient (Wildman–Crippen LogP) is 4.93. The molecule has 163 valence electrons. The minimum atomic E-state index is -0.245. The minimum absolute atomic E-state index is 0.245. The molecule has 5 heteroatoms. The molecule has 0 saturated carbocycles. The molecule has 3 aliphatic rings. The van der Waals surface area contributed by atoms with E-state index < -0.39 is 0 Å². The van der Waals surface area contributed by atoms with Gasteiger partial charge >= 0.3 is 6.03 Å². The van der Waals surface area contributed by atoms with E-state index in [0.717, 1.165) is 24.0 Å². The van der Waals surface area contributed by atoms with E-state index in [4.69, 9.17) is 0 Å². The van der Waals surface area contributed by atoms with Gasteiger partial charge in [0.1, 0.15) is 0 Å². The quantitative estimate of drug-likeness (QED) is 0.767. The Morgan fingerprint density at radius 3 is 2.39 bits per heavy atom. The van der Waals surface area contributed by atoms with Crippen LogP contribution in [0.15, 0.2) is 36.4 Å². The topological polar surface area (TPSA) is 49.7 Å². The molecule has 0 aromatic heterocycles. The molecule has 5 rings (SSSR count). The van der Waals surface area contributed by atoms with Crippen molar-refractivity contribution >= 4 is 17.4 Å². The Labute approximate surface area is 185 Å². The highest BCUT2D eigenvalue weighted by molar-refractivity contribution is 6.02. The summed E-state index contributed by atoms with van der Waals surface area (Å²) in [5, 5.41) is 6.86. The van der Waals surface area contributed by atoms with E-state index in [0.29, 0.717) is 5.92 Å². The first-order chi connectivity index (χ1) is 15.1. The molecule has 0 atom stereocenters. The fourth-order valence-electron chi connectivity index (χ4n) is 5.62. The maximum atomic E-state index is 11.5. The van der Waals surface area contributed by atoms with Gasteiger partial charge in [0.25, 0.3) is 0 Å². The highest BCUT2D eigenvalue weighted by Crippen LogP contribution is 2.36. The van der Waals surface area contributed by atoms with E-state index >= 15 is 0 Å². The van der Waals surface area contributed by atoms with Gasteiger partial charge in [-0.3, -0.25) is 4.90 Å². The second-order valence-corrected chi connectivity index (χ2v) is 9.51. The molecule has 0 spiro atoms. The third-order valence-electron chi connectivity index (χ3n) is 7.59. The van der Waals surface area contributed by atoms with Crippen molar-refractivity contribution in [1.82, 2.24) is 15.1 Å². The number of piperidine rings is 2. The summed E-state index contributed by atoms with van der Waals surface area (Å²) < 4.78 is 0. The second kappa shape index (κ2) is 8.64. The molecule has 2 saturated heterocycles. The zero-order chi connectivity index (χ0) is 21.4. The lowest BCUT2D eigenvalue weighted by molar-refractivity contribution is 0.0844. The molecular weight excluding hydrogens is 384 g/mol. The van der Waals surface area contributed by atoms with Crippen LogP contribution < -0.4 is 10.6 Å². The molecule has 0 unspecified atom stereocenters. The number of benzene rings is 2. The van der Waals surface area contributed by atoms with Crippen LogP contribution in [0, 0.1) is 13.8 Å². The standard InChI is InChI=1S/C26H33N4O/c1-18-4-3-5-19(2)23(18)17-29-12-10-22(11-13-29)30-14-8-20(9-15-30)21-6-7-24-25(16-21)28-26(31)27-24/h3-7,16,20,22H,8-15,17H2,1-2H3,(H,27,31). The van der Waals surface area contributed by atoms with E-state index in [1.165, 1.54) is 74.1 Å². The number of aryl methyl sites for hydroxylation is 2. The largest absolute Gasteiger partial charge is 0.346 e. The Bertz CT molecular complexity index is 936. The molecule has 5 nitrogen and oxygen atoms in total. The number of nitrogens with one attached hydrogen (secondary N) is 1. The van der Waals surface area contributed by atoms with Crippen LogP contribution in [0.25, 0.3) is 0 Å². The molecule has 2 aromatic rings. The van der Waals surface area contributed by atoms with E-state index in [2.05, 4.69) is 64.6 Å². The SMILES string of the molecule is Cc1cccc(C)c1CN1CCC(N2CCC(c3ccc4c(c3)[N]C(=O)N4)CC2)CC1. The lowest BCUT2D eigenvalue weighted by Crippen LogP contribution is -2.47. The minimum Gasteiger partial charge on any atom is -0.304 e. The van der Waals surface area contributed by atoms with Crippen molar-refractivity contribution in [3.05, 3.63) is 58.7 Å². The first-order valence-corrected chi connectivity index (χ1v) is 11.7. The molecule has 3 aliphatic heterocycles. The molecule has 1 N–H and O–H groups in total. The number of urea groups is 1. The summed E-state index contributed by atoms with van der Waals surface area (Å²) in [5.74, 6) is 0.580. The van der Waals surface area contributed by atoms with Gasteiger partial charge in [0.2, 0.25) is 0 Å². The molecule has 31 heavy (non-hydrogen) atoms. The average molecular weight is 418 g/mol. The molecule has 0 bridgehead atoms. The lowest BCUT2D eigenvalue weighted by Gasteiger charge is -2.42. The Hall–Kier alpha value is -2.37. The van der Waals surface area contributed by atoms with Gasteiger partial charge in [-0.2, -0.15) is 5.32 Å². The third-order valence-corrected chi connectivity index (χ3v) is 7.59. The molecule has 0 aliphatic carbocycles. The molecule has 3 heterocycles. The molecule has 2 aromatic carbocycles. The summed E-state index contributed by atoms with van der Waals surface area (Å²) in [5.41, 5.74) is 7.34. The van der Waals surface area contributed by atoms with Gasteiger partial charge in [-0.25, -0.2) is 4.79 Å². The van der Waals surface area contributed by atoms with Gasteiger partial charge in [0, 0.05) is 12.6 Å². The number of nitrogens with zero attached hydrogens (tertiary/aromatic N) is 3.